The standard InChI is InChI=1S/C21H23N3O2.C6H7NO.C3H6.H2/c1-21(2,25)19-8-7-15(13-23-19)16-12-18-17(4-3-10-22-18)24-20(16)26-11-9-14-5-6-14;1-8-6-3-2-4-7-5-6;1-3-2;/h3-4,7-8,10,12-14,25H,5-6,9,11H2,1-2H3;2-5H,1H3;3H,1H2,2H3;1H. The highest BCUT2D eigenvalue weighted by atomic mass is 16.5. The highest BCUT2D eigenvalue weighted by Crippen LogP contribution is 2.34. The minimum atomic E-state index is -0.967. The molecular formula is C30H38N4O3. The van der Waals surface area contributed by atoms with Crippen molar-refractivity contribution in [1.29, 1.82) is 0 Å². The average molecular weight is 503 g/mol. The van der Waals surface area contributed by atoms with Crippen molar-refractivity contribution in [1.82, 2.24) is 19.9 Å². The van der Waals surface area contributed by atoms with Gasteiger partial charge < -0.3 is 14.6 Å². The van der Waals surface area contributed by atoms with E-state index in [0.717, 1.165) is 40.2 Å². The van der Waals surface area contributed by atoms with E-state index >= 15 is 0 Å². The second-order valence-electron chi connectivity index (χ2n) is 9.26. The van der Waals surface area contributed by atoms with Crippen LogP contribution in [0.3, 0.4) is 0 Å². The first-order chi connectivity index (χ1) is 17.9. The van der Waals surface area contributed by atoms with Gasteiger partial charge in [-0.2, -0.15) is 0 Å². The first kappa shape index (κ1) is 27.7. The molecule has 1 aliphatic carbocycles. The fourth-order valence-electron chi connectivity index (χ4n) is 3.41. The smallest absolute Gasteiger partial charge is 0.222 e. The Morgan fingerprint density at radius 1 is 1.08 bits per heavy atom. The second-order valence-corrected chi connectivity index (χ2v) is 9.26. The third-order valence-electron chi connectivity index (χ3n) is 5.58. The summed E-state index contributed by atoms with van der Waals surface area (Å²) in [6.45, 7) is 9.37. The number of allylic oxidation sites excluding steroid dienone is 1. The van der Waals surface area contributed by atoms with Gasteiger partial charge in [-0.25, -0.2) is 4.98 Å². The Morgan fingerprint density at radius 3 is 2.41 bits per heavy atom. The molecule has 4 aromatic heterocycles. The van der Waals surface area contributed by atoms with Gasteiger partial charge in [0.05, 0.1) is 36.6 Å². The summed E-state index contributed by atoms with van der Waals surface area (Å²) in [7, 11) is 1.62. The van der Waals surface area contributed by atoms with Crippen LogP contribution in [-0.2, 0) is 5.60 Å². The van der Waals surface area contributed by atoms with Crippen LogP contribution in [0.15, 0.2) is 79.9 Å². The maximum atomic E-state index is 10.1. The van der Waals surface area contributed by atoms with Gasteiger partial charge in [-0.1, -0.05) is 25.0 Å². The van der Waals surface area contributed by atoms with Crippen LogP contribution in [0, 0.1) is 5.92 Å². The van der Waals surface area contributed by atoms with E-state index < -0.39 is 5.60 Å². The Kier molecular flexibility index (Phi) is 10.1. The average Bonchev–Trinajstić information content (AvgIpc) is 3.74. The summed E-state index contributed by atoms with van der Waals surface area (Å²) in [6, 6.07) is 13.3. The number of aromatic nitrogens is 4. The quantitative estimate of drug-likeness (QED) is 0.284. The lowest BCUT2D eigenvalue weighted by molar-refractivity contribution is 0.0739. The molecule has 0 radical (unpaired) electrons. The van der Waals surface area contributed by atoms with Gasteiger partial charge >= 0.3 is 0 Å². The van der Waals surface area contributed by atoms with Crippen molar-refractivity contribution in [2.45, 2.75) is 45.6 Å². The molecule has 0 aliphatic heterocycles. The molecule has 0 aromatic carbocycles. The van der Waals surface area contributed by atoms with Crippen LogP contribution in [0.1, 0.15) is 47.2 Å². The monoisotopic (exact) mass is 502 g/mol. The summed E-state index contributed by atoms with van der Waals surface area (Å²) in [5.41, 5.74) is 3.08. The topological polar surface area (TPSA) is 90.3 Å². The number of aliphatic hydroxyl groups is 1. The van der Waals surface area contributed by atoms with E-state index in [-0.39, 0.29) is 1.43 Å². The molecule has 4 heterocycles. The predicted molar refractivity (Wildman–Crippen MR) is 150 cm³/mol. The van der Waals surface area contributed by atoms with Gasteiger partial charge in [0.25, 0.3) is 0 Å². The molecule has 0 spiro atoms. The summed E-state index contributed by atoms with van der Waals surface area (Å²) in [5.74, 6) is 2.23. The largest absolute Gasteiger partial charge is 0.495 e. The van der Waals surface area contributed by atoms with E-state index in [2.05, 4.69) is 26.5 Å². The number of methoxy groups -OCH3 is 1. The summed E-state index contributed by atoms with van der Waals surface area (Å²) in [5, 5.41) is 10.1. The molecular weight excluding hydrogens is 464 g/mol. The number of hydrogen-bond donors (Lipinski definition) is 1. The molecule has 1 N–H and O–H groups in total. The fraction of sp³-hybridized carbons (Fsp3) is 0.333. The van der Waals surface area contributed by atoms with Crippen LogP contribution in [-0.4, -0.2) is 38.8 Å². The maximum absolute atomic E-state index is 10.1. The van der Waals surface area contributed by atoms with Gasteiger partial charge in [0.1, 0.15) is 11.4 Å². The number of hydrogen-bond acceptors (Lipinski definition) is 7. The predicted octanol–water partition coefficient (Wildman–Crippen LogP) is 6.63. The zero-order valence-electron chi connectivity index (χ0n) is 22.1. The van der Waals surface area contributed by atoms with Crippen LogP contribution in [0.4, 0.5) is 0 Å². The fourth-order valence-corrected chi connectivity index (χ4v) is 3.41. The molecule has 7 heteroatoms. The summed E-state index contributed by atoms with van der Waals surface area (Å²) >= 11 is 0. The third-order valence-corrected chi connectivity index (χ3v) is 5.58. The van der Waals surface area contributed by atoms with E-state index in [0.29, 0.717) is 18.2 Å². The zero-order chi connectivity index (χ0) is 26.7. The summed E-state index contributed by atoms with van der Waals surface area (Å²) < 4.78 is 10.9. The normalized spacial score (nSPS) is 12.5. The minimum Gasteiger partial charge on any atom is -0.495 e. The molecule has 1 fully saturated rings. The first-order valence-electron chi connectivity index (χ1n) is 12.4. The first-order valence-corrected chi connectivity index (χ1v) is 12.4. The lowest BCUT2D eigenvalue weighted by Crippen LogP contribution is -2.17. The molecule has 5 rings (SSSR count). The van der Waals surface area contributed by atoms with Crippen molar-refractivity contribution in [3.63, 3.8) is 0 Å². The highest BCUT2D eigenvalue weighted by molar-refractivity contribution is 5.83. The van der Waals surface area contributed by atoms with Gasteiger partial charge in [0.15, 0.2) is 0 Å². The van der Waals surface area contributed by atoms with Gasteiger partial charge in [-0.3, -0.25) is 15.0 Å². The molecule has 7 nitrogen and oxygen atoms in total. The van der Waals surface area contributed by atoms with Gasteiger partial charge in [0.2, 0.25) is 5.88 Å². The highest BCUT2D eigenvalue weighted by Gasteiger charge is 2.22. The number of pyridine rings is 4. The number of rotatable bonds is 7. The van der Waals surface area contributed by atoms with Crippen molar-refractivity contribution in [3.8, 4) is 22.8 Å². The van der Waals surface area contributed by atoms with Gasteiger partial charge in [-0.05, 0) is 69.5 Å². The molecule has 1 saturated carbocycles. The van der Waals surface area contributed by atoms with E-state index in [1.54, 1.807) is 51.8 Å². The number of fused-ring (bicyclic) bond motifs is 1. The lowest BCUT2D eigenvalue weighted by Gasteiger charge is -2.17. The number of ether oxygens (including phenoxy) is 2. The van der Waals surface area contributed by atoms with E-state index in [1.807, 2.05) is 49.4 Å². The van der Waals surface area contributed by atoms with Crippen LogP contribution in [0.2, 0.25) is 0 Å². The van der Waals surface area contributed by atoms with Gasteiger partial charge in [-0.15, -0.1) is 6.58 Å². The van der Waals surface area contributed by atoms with E-state index in [9.17, 15) is 5.11 Å². The summed E-state index contributed by atoms with van der Waals surface area (Å²) in [6.07, 6.45) is 12.3. The SMILES string of the molecule is C=CC.CC(C)(O)c1ccc(-c2cc3ncccc3nc2OCCC2CC2)cn1.COc1cccnc1.[HH]. The Balaban J connectivity index is 0.000000356. The lowest BCUT2D eigenvalue weighted by atomic mass is 10.0. The Labute approximate surface area is 220 Å². The minimum absolute atomic E-state index is 0. The van der Waals surface area contributed by atoms with Crippen LogP contribution in [0.25, 0.3) is 22.2 Å². The second kappa shape index (κ2) is 13.5. The molecule has 37 heavy (non-hydrogen) atoms. The zero-order valence-corrected chi connectivity index (χ0v) is 22.1. The molecule has 0 atom stereocenters. The third kappa shape index (κ3) is 8.65. The molecule has 196 valence electrons. The maximum Gasteiger partial charge on any atom is 0.222 e. The van der Waals surface area contributed by atoms with Crippen LogP contribution in [0.5, 0.6) is 11.6 Å². The Morgan fingerprint density at radius 2 is 1.84 bits per heavy atom. The molecule has 4 aromatic rings. The Bertz CT molecular complexity index is 1260. The van der Waals surface area contributed by atoms with Crippen LogP contribution >= 0.6 is 0 Å². The number of nitrogens with zero attached hydrogens (tertiary/aromatic N) is 4. The summed E-state index contributed by atoms with van der Waals surface area (Å²) in [4.78, 5) is 17.3. The Hall–Kier alpha value is -3.84. The molecule has 0 bridgehead atoms. The molecule has 1 aliphatic rings. The van der Waals surface area contributed by atoms with Gasteiger partial charge in [0, 0.05) is 31.1 Å². The van der Waals surface area contributed by atoms with Crippen molar-refractivity contribution in [2.75, 3.05) is 13.7 Å². The molecule has 0 unspecified atom stereocenters. The van der Waals surface area contributed by atoms with Crippen molar-refractivity contribution in [2.24, 2.45) is 5.92 Å². The van der Waals surface area contributed by atoms with Crippen molar-refractivity contribution < 1.29 is 16.0 Å². The molecule has 0 saturated heterocycles. The van der Waals surface area contributed by atoms with E-state index in [4.69, 9.17) is 9.47 Å². The van der Waals surface area contributed by atoms with Crippen molar-refractivity contribution in [3.05, 3.63) is 85.6 Å². The molecule has 0 amide bonds. The van der Waals surface area contributed by atoms with Crippen molar-refractivity contribution >= 4 is 11.0 Å². The van der Waals surface area contributed by atoms with E-state index in [1.165, 1.54) is 12.8 Å². The van der Waals surface area contributed by atoms with Crippen LogP contribution < -0.4 is 9.47 Å².